The van der Waals surface area contributed by atoms with Crippen LogP contribution in [0.5, 0.6) is 0 Å². The largest absolute Gasteiger partial charge is 0.460 e. The Morgan fingerprint density at radius 3 is 2.62 bits per heavy atom. The van der Waals surface area contributed by atoms with Gasteiger partial charge in [0.05, 0.1) is 6.54 Å². The highest BCUT2D eigenvalue weighted by Crippen LogP contribution is 2.31. The van der Waals surface area contributed by atoms with E-state index >= 15 is 0 Å². The van der Waals surface area contributed by atoms with Gasteiger partial charge in [-0.3, -0.25) is 0 Å². The Morgan fingerprint density at radius 2 is 1.90 bits per heavy atom. The van der Waals surface area contributed by atoms with Gasteiger partial charge in [0.15, 0.2) is 0 Å². The van der Waals surface area contributed by atoms with Crippen molar-refractivity contribution in [3.63, 3.8) is 0 Å². The van der Waals surface area contributed by atoms with Crippen molar-refractivity contribution in [1.82, 2.24) is 5.32 Å². The van der Waals surface area contributed by atoms with Crippen LogP contribution in [0.25, 0.3) is 11.3 Å². The van der Waals surface area contributed by atoms with Gasteiger partial charge in [0.25, 0.3) is 0 Å². The summed E-state index contributed by atoms with van der Waals surface area (Å²) in [7, 11) is 0. The van der Waals surface area contributed by atoms with Gasteiger partial charge in [-0.15, -0.1) is 12.4 Å². The molecule has 1 aromatic heterocycles. The average molecular weight is 438 g/mol. The summed E-state index contributed by atoms with van der Waals surface area (Å²) < 4.78 is 7.97. The van der Waals surface area contributed by atoms with Crippen molar-refractivity contribution >= 4 is 44.3 Å². The first-order chi connectivity index (χ1) is 9.70. The molecule has 21 heavy (non-hydrogen) atoms. The number of benzene rings is 1. The number of halogens is 3. The van der Waals surface area contributed by atoms with E-state index in [4.69, 9.17) is 4.42 Å². The molecule has 0 fully saturated rings. The third-order valence-corrected chi connectivity index (χ3v) is 4.26. The molecule has 0 amide bonds. The minimum absolute atomic E-state index is 0. The van der Waals surface area contributed by atoms with Crippen molar-refractivity contribution in [2.24, 2.45) is 0 Å². The van der Waals surface area contributed by atoms with Crippen LogP contribution in [0.4, 0.5) is 0 Å². The zero-order chi connectivity index (χ0) is 14.4. The molecular formula is C16H20Br2ClNO. The molecule has 0 bridgehead atoms. The number of nitrogens with one attached hydrogen (secondary N) is 1. The number of hydrogen-bond acceptors (Lipinski definition) is 2. The van der Waals surface area contributed by atoms with Gasteiger partial charge in [0.1, 0.15) is 11.5 Å². The molecule has 0 spiro atoms. The lowest BCUT2D eigenvalue weighted by molar-refractivity contribution is 0.488. The normalized spacial score (nSPS) is 10.4. The zero-order valence-electron chi connectivity index (χ0n) is 12.0. The highest BCUT2D eigenvalue weighted by Gasteiger charge is 2.08. The molecule has 1 N–H and O–H groups in total. The molecule has 0 saturated carbocycles. The van der Waals surface area contributed by atoms with E-state index in [2.05, 4.69) is 44.1 Å². The molecule has 0 aliphatic heterocycles. The van der Waals surface area contributed by atoms with Crippen LogP contribution < -0.4 is 5.32 Å². The van der Waals surface area contributed by atoms with Crippen LogP contribution in [0.1, 0.15) is 31.9 Å². The first-order valence-electron chi connectivity index (χ1n) is 6.95. The Kier molecular flexibility index (Phi) is 8.64. The minimum atomic E-state index is 0. The van der Waals surface area contributed by atoms with E-state index in [-0.39, 0.29) is 12.4 Å². The molecule has 116 valence electrons. The summed E-state index contributed by atoms with van der Waals surface area (Å²) in [6.45, 7) is 4.05. The average Bonchev–Trinajstić information content (AvgIpc) is 2.87. The fraction of sp³-hybridized carbons (Fsp3) is 0.375. The molecule has 1 aromatic carbocycles. The van der Waals surface area contributed by atoms with Gasteiger partial charge in [0.2, 0.25) is 0 Å². The number of furan rings is 1. The van der Waals surface area contributed by atoms with E-state index in [1.807, 2.05) is 30.3 Å². The van der Waals surface area contributed by atoms with E-state index in [1.165, 1.54) is 19.3 Å². The topological polar surface area (TPSA) is 25.2 Å². The molecule has 2 rings (SSSR count). The highest BCUT2D eigenvalue weighted by atomic mass is 79.9. The van der Waals surface area contributed by atoms with Gasteiger partial charge < -0.3 is 9.73 Å². The lowest BCUT2D eigenvalue weighted by Gasteiger charge is -2.03. The molecule has 2 aromatic rings. The Balaban J connectivity index is 0.00000220. The molecule has 1 heterocycles. The van der Waals surface area contributed by atoms with E-state index in [9.17, 15) is 0 Å². The second-order valence-electron chi connectivity index (χ2n) is 4.77. The van der Waals surface area contributed by atoms with Gasteiger partial charge in [-0.2, -0.15) is 0 Å². The molecule has 0 saturated heterocycles. The molecular weight excluding hydrogens is 417 g/mol. The van der Waals surface area contributed by atoms with Crippen molar-refractivity contribution < 1.29 is 4.42 Å². The maximum atomic E-state index is 5.89. The lowest BCUT2D eigenvalue weighted by atomic mass is 10.2. The Hall–Kier alpha value is -0.290. The number of hydrogen-bond donors (Lipinski definition) is 1. The summed E-state index contributed by atoms with van der Waals surface area (Å²) in [5, 5.41) is 3.41. The van der Waals surface area contributed by atoms with Crippen molar-refractivity contribution in [3.8, 4) is 11.3 Å². The van der Waals surface area contributed by atoms with Crippen molar-refractivity contribution in [1.29, 1.82) is 0 Å². The summed E-state index contributed by atoms with van der Waals surface area (Å²) in [4.78, 5) is 0. The van der Waals surface area contributed by atoms with E-state index in [0.717, 1.165) is 39.1 Å². The Labute approximate surface area is 149 Å². The molecule has 0 radical (unpaired) electrons. The molecule has 0 atom stereocenters. The number of unbranched alkanes of at least 4 members (excludes halogenated alkanes) is 2. The van der Waals surface area contributed by atoms with E-state index < -0.39 is 0 Å². The maximum absolute atomic E-state index is 5.89. The van der Waals surface area contributed by atoms with Crippen LogP contribution in [-0.4, -0.2) is 6.54 Å². The SMILES string of the molecule is CCCCCNCc1ccc(-c2ccc(Br)cc2Br)o1.Cl. The Bertz CT molecular complexity index is 557. The quantitative estimate of drug-likeness (QED) is 0.524. The fourth-order valence-corrected chi connectivity index (χ4v) is 3.26. The van der Waals surface area contributed by atoms with Gasteiger partial charge in [0, 0.05) is 14.5 Å². The van der Waals surface area contributed by atoms with Crippen LogP contribution in [0.3, 0.4) is 0 Å². The van der Waals surface area contributed by atoms with Gasteiger partial charge in [-0.1, -0.05) is 35.7 Å². The van der Waals surface area contributed by atoms with Gasteiger partial charge in [-0.25, -0.2) is 0 Å². The Morgan fingerprint density at radius 1 is 1.10 bits per heavy atom. The third-order valence-electron chi connectivity index (χ3n) is 3.11. The van der Waals surface area contributed by atoms with E-state index in [0.29, 0.717) is 0 Å². The van der Waals surface area contributed by atoms with Crippen LogP contribution in [-0.2, 0) is 6.54 Å². The van der Waals surface area contributed by atoms with Crippen LogP contribution in [0, 0.1) is 0 Å². The third kappa shape index (κ3) is 5.78. The van der Waals surface area contributed by atoms with E-state index in [1.54, 1.807) is 0 Å². The number of rotatable bonds is 7. The minimum Gasteiger partial charge on any atom is -0.460 e. The zero-order valence-corrected chi connectivity index (χ0v) is 16.0. The first-order valence-corrected chi connectivity index (χ1v) is 8.54. The van der Waals surface area contributed by atoms with Gasteiger partial charge >= 0.3 is 0 Å². The first kappa shape index (κ1) is 18.8. The lowest BCUT2D eigenvalue weighted by Crippen LogP contribution is -2.13. The van der Waals surface area contributed by atoms with Crippen molar-refractivity contribution in [2.45, 2.75) is 32.7 Å². The standard InChI is InChI=1S/C16H19Br2NO.ClH/c1-2-3-4-9-19-11-13-6-8-16(20-13)14-7-5-12(17)10-15(14)18;/h5-8,10,19H,2-4,9,11H2,1H3;1H. The fourth-order valence-electron chi connectivity index (χ4n) is 2.02. The summed E-state index contributed by atoms with van der Waals surface area (Å²) in [5.41, 5.74) is 1.07. The second kappa shape index (κ2) is 9.67. The summed E-state index contributed by atoms with van der Waals surface area (Å²) >= 11 is 7.03. The van der Waals surface area contributed by atoms with Gasteiger partial charge in [-0.05, 0) is 59.2 Å². The van der Waals surface area contributed by atoms with Crippen LogP contribution in [0.2, 0.25) is 0 Å². The summed E-state index contributed by atoms with van der Waals surface area (Å²) in [6.07, 6.45) is 3.76. The smallest absolute Gasteiger partial charge is 0.135 e. The highest BCUT2D eigenvalue weighted by molar-refractivity contribution is 9.11. The summed E-state index contributed by atoms with van der Waals surface area (Å²) in [6, 6.07) is 10.2. The predicted molar refractivity (Wildman–Crippen MR) is 98.0 cm³/mol. The van der Waals surface area contributed by atoms with Crippen molar-refractivity contribution in [3.05, 3.63) is 45.0 Å². The van der Waals surface area contributed by atoms with Crippen LogP contribution in [0.15, 0.2) is 43.7 Å². The monoisotopic (exact) mass is 435 g/mol. The predicted octanol–water partition coefficient (Wildman–Crippen LogP) is 6.17. The molecule has 0 aliphatic carbocycles. The molecule has 5 heteroatoms. The second-order valence-corrected chi connectivity index (χ2v) is 6.54. The molecule has 0 unspecified atom stereocenters. The van der Waals surface area contributed by atoms with Crippen molar-refractivity contribution in [2.75, 3.05) is 6.54 Å². The summed E-state index contributed by atoms with van der Waals surface area (Å²) in [5.74, 6) is 1.88. The maximum Gasteiger partial charge on any atom is 0.135 e. The molecule has 2 nitrogen and oxygen atoms in total. The van der Waals surface area contributed by atoms with Crippen LogP contribution >= 0.6 is 44.3 Å². The molecule has 0 aliphatic rings.